The Labute approximate surface area is 164 Å². The molecule has 2 rings (SSSR count). The van der Waals surface area contributed by atoms with Gasteiger partial charge in [-0.25, -0.2) is 4.79 Å². The minimum Gasteiger partial charge on any atom is -0.497 e. The molecule has 0 saturated carbocycles. The average Bonchev–Trinajstić information content (AvgIpc) is 2.58. The van der Waals surface area contributed by atoms with E-state index in [1.54, 1.807) is 52.1 Å². The van der Waals surface area contributed by atoms with E-state index >= 15 is 0 Å². The highest BCUT2D eigenvalue weighted by molar-refractivity contribution is 5.93. The van der Waals surface area contributed by atoms with Crippen molar-refractivity contribution in [3.05, 3.63) is 42.0 Å². The Morgan fingerprint density at radius 2 is 1.82 bits per heavy atom. The lowest BCUT2D eigenvalue weighted by molar-refractivity contribution is -0.115. The molecule has 2 aromatic rings. The molecule has 0 aliphatic heterocycles. The number of aryl methyl sites for hydroxylation is 1. The molecule has 0 unspecified atom stereocenters. The summed E-state index contributed by atoms with van der Waals surface area (Å²) in [6.45, 7) is 6.91. The molecule has 1 heterocycles. The van der Waals surface area contributed by atoms with Crippen molar-refractivity contribution < 1.29 is 23.8 Å². The molecule has 1 aromatic carbocycles. The van der Waals surface area contributed by atoms with E-state index in [0.717, 1.165) is 5.56 Å². The summed E-state index contributed by atoms with van der Waals surface area (Å²) in [5.74, 6) is 1.42. The molecule has 0 aliphatic carbocycles. The Bertz CT molecular complexity index is 846. The Hall–Kier alpha value is -3.29. The second-order valence-electron chi connectivity index (χ2n) is 7.05. The number of nitrogens with zero attached hydrogens (tertiary/aromatic N) is 1. The lowest BCUT2D eigenvalue weighted by atomic mass is 10.2. The molecule has 150 valence electrons. The highest BCUT2D eigenvalue weighted by atomic mass is 16.6. The third kappa shape index (κ3) is 7.14. The third-order valence-electron chi connectivity index (χ3n) is 3.27. The predicted molar refractivity (Wildman–Crippen MR) is 105 cm³/mol. The number of pyridine rings is 1. The fourth-order valence-electron chi connectivity index (χ4n) is 2.21. The maximum absolute atomic E-state index is 12.0. The van der Waals surface area contributed by atoms with Gasteiger partial charge in [0.25, 0.3) is 0 Å². The van der Waals surface area contributed by atoms with Crippen LogP contribution in [0.4, 0.5) is 10.6 Å². The summed E-state index contributed by atoms with van der Waals surface area (Å²) < 4.78 is 16.0. The van der Waals surface area contributed by atoms with Crippen LogP contribution in [0.15, 0.2) is 36.4 Å². The van der Waals surface area contributed by atoms with Gasteiger partial charge in [0.1, 0.15) is 29.5 Å². The first kappa shape index (κ1) is 21.0. The fraction of sp³-hybridized carbons (Fsp3) is 0.350. The van der Waals surface area contributed by atoms with E-state index in [9.17, 15) is 9.59 Å². The first-order valence-corrected chi connectivity index (χ1v) is 8.72. The van der Waals surface area contributed by atoms with Crippen molar-refractivity contribution in [1.82, 2.24) is 10.3 Å². The largest absolute Gasteiger partial charge is 0.497 e. The molecule has 8 nitrogen and oxygen atoms in total. The summed E-state index contributed by atoms with van der Waals surface area (Å²) in [7, 11) is 1.58. The molecule has 0 bridgehead atoms. The second-order valence-corrected chi connectivity index (χ2v) is 7.05. The number of carbonyl (C=O) groups is 2. The molecule has 0 radical (unpaired) electrons. The van der Waals surface area contributed by atoms with E-state index in [4.69, 9.17) is 14.2 Å². The number of alkyl carbamates (subject to hydrolysis) is 1. The standard InChI is InChI=1S/C20H25N3O5/c1-13-9-14(26-5)11-15(10-13)27-18-8-6-7-16(23-18)22-17(24)12-21-19(25)28-20(2,3)4/h6-11H,12H2,1-5H3,(H,21,25)(H,22,23,24). The monoisotopic (exact) mass is 387 g/mol. The van der Waals surface area contributed by atoms with Crippen LogP contribution in [0.25, 0.3) is 0 Å². The Morgan fingerprint density at radius 3 is 2.50 bits per heavy atom. The van der Waals surface area contributed by atoms with Crippen LogP contribution in [0, 0.1) is 6.92 Å². The molecule has 1 aromatic heterocycles. The van der Waals surface area contributed by atoms with E-state index in [0.29, 0.717) is 23.2 Å². The van der Waals surface area contributed by atoms with Gasteiger partial charge >= 0.3 is 6.09 Å². The van der Waals surface area contributed by atoms with Crippen molar-refractivity contribution in [2.75, 3.05) is 19.0 Å². The lowest BCUT2D eigenvalue weighted by Crippen LogP contribution is -2.37. The highest BCUT2D eigenvalue weighted by Gasteiger charge is 2.16. The molecule has 2 amide bonds. The van der Waals surface area contributed by atoms with Gasteiger partial charge in [0.05, 0.1) is 7.11 Å². The maximum Gasteiger partial charge on any atom is 0.408 e. The molecule has 0 spiro atoms. The normalized spacial score (nSPS) is 10.8. The smallest absolute Gasteiger partial charge is 0.408 e. The van der Waals surface area contributed by atoms with Crippen LogP contribution in [-0.2, 0) is 9.53 Å². The number of ether oxygens (including phenoxy) is 3. The van der Waals surface area contributed by atoms with Gasteiger partial charge in [-0.2, -0.15) is 4.98 Å². The zero-order chi connectivity index (χ0) is 20.7. The van der Waals surface area contributed by atoms with Gasteiger partial charge in [0.15, 0.2) is 0 Å². The van der Waals surface area contributed by atoms with Crippen LogP contribution in [0.5, 0.6) is 17.4 Å². The van der Waals surface area contributed by atoms with Crippen molar-refractivity contribution in [2.24, 2.45) is 0 Å². The Kier molecular flexibility index (Phi) is 6.81. The average molecular weight is 387 g/mol. The van der Waals surface area contributed by atoms with Crippen LogP contribution in [0.2, 0.25) is 0 Å². The van der Waals surface area contributed by atoms with Crippen LogP contribution in [0.3, 0.4) is 0 Å². The van der Waals surface area contributed by atoms with E-state index in [2.05, 4.69) is 15.6 Å². The maximum atomic E-state index is 12.0. The predicted octanol–water partition coefficient (Wildman–Crippen LogP) is 3.65. The fourth-order valence-corrected chi connectivity index (χ4v) is 2.21. The number of nitrogens with one attached hydrogen (secondary N) is 2. The second kappa shape index (κ2) is 9.07. The summed E-state index contributed by atoms with van der Waals surface area (Å²) in [5.41, 5.74) is 0.346. The molecular weight excluding hydrogens is 362 g/mol. The highest BCUT2D eigenvalue weighted by Crippen LogP contribution is 2.26. The first-order chi connectivity index (χ1) is 13.1. The Morgan fingerprint density at radius 1 is 1.11 bits per heavy atom. The van der Waals surface area contributed by atoms with Crippen molar-refractivity contribution in [3.63, 3.8) is 0 Å². The van der Waals surface area contributed by atoms with Gasteiger partial charge in [-0.1, -0.05) is 6.07 Å². The number of hydrogen-bond donors (Lipinski definition) is 2. The number of hydrogen-bond acceptors (Lipinski definition) is 6. The topological polar surface area (TPSA) is 98.8 Å². The molecule has 2 N–H and O–H groups in total. The number of aromatic nitrogens is 1. The molecule has 0 aliphatic rings. The lowest BCUT2D eigenvalue weighted by Gasteiger charge is -2.19. The SMILES string of the molecule is COc1cc(C)cc(Oc2cccc(NC(=O)CNC(=O)OC(C)(C)C)n2)c1. The quantitative estimate of drug-likeness (QED) is 0.785. The molecule has 8 heteroatoms. The molecule has 0 saturated heterocycles. The van der Waals surface area contributed by atoms with E-state index in [-0.39, 0.29) is 6.54 Å². The van der Waals surface area contributed by atoms with E-state index < -0.39 is 17.6 Å². The molecule has 28 heavy (non-hydrogen) atoms. The van der Waals surface area contributed by atoms with Gasteiger partial charge in [-0.05, 0) is 51.5 Å². The number of carbonyl (C=O) groups excluding carboxylic acids is 2. The molecule has 0 fully saturated rings. The van der Waals surface area contributed by atoms with Gasteiger partial charge in [0, 0.05) is 12.1 Å². The number of amides is 2. The first-order valence-electron chi connectivity index (χ1n) is 8.72. The van der Waals surface area contributed by atoms with Crippen LogP contribution in [0.1, 0.15) is 26.3 Å². The van der Waals surface area contributed by atoms with E-state index in [1.807, 2.05) is 19.1 Å². The van der Waals surface area contributed by atoms with Crippen molar-refractivity contribution in [2.45, 2.75) is 33.3 Å². The summed E-state index contributed by atoms with van der Waals surface area (Å²) in [4.78, 5) is 27.8. The van der Waals surface area contributed by atoms with E-state index in [1.165, 1.54) is 0 Å². The number of benzene rings is 1. The van der Waals surface area contributed by atoms with Crippen molar-refractivity contribution >= 4 is 17.8 Å². The van der Waals surface area contributed by atoms with Gasteiger partial charge in [-0.15, -0.1) is 0 Å². The molecular formula is C20H25N3O5. The van der Waals surface area contributed by atoms with Crippen LogP contribution < -0.4 is 20.1 Å². The summed E-state index contributed by atoms with van der Waals surface area (Å²) in [5, 5.41) is 4.98. The summed E-state index contributed by atoms with van der Waals surface area (Å²) >= 11 is 0. The summed E-state index contributed by atoms with van der Waals surface area (Å²) in [6.07, 6.45) is -0.666. The minimum atomic E-state index is -0.666. The van der Waals surface area contributed by atoms with Crippen molar-refractivity contribution in [3.8, 4) is 17.4 Å². The van der Waals surface area contributed by atoms with Gasteiger partial charge < -0.3 is 24.8 Å². The number of methoxy groups -OCH3 is 1. The van der Waals surface area contributed by atoms with Crippen LogP contribution in [-0.4, -0.2) is 36.2 Å². The van der Waals surface area contributed by atoms with Gasteiger partial charge in [0.2, 0.25) is 11.8 Å². The number of anilines is 1. The minimum absolute atomic E-state index is 0.239. The zero-order valence-corrected chi connectivity index (χ0v) is 16.7. The van der Waals surface area contributed by atoms with Gasteiger partial charge in [-0.3, -0.25) is 4.79 Å². The van der Waals surface area contributed by atoms with Crippen LogP contribution >= 0.6 is 0 Å². The number of rotatable bonds is 6. The zero-order valence-electron chi connectivity index (χ0n) is 16.7. The Balaban J connectivity index is 1.95. The van der Waals surface area contributed by atoms with Crippen molar-refractivity contribution in [1.29, 1.82) is 0 Å². The third-order valence-corrected chi connectivity index (χ3v) is 3.27. The molecule has 0 atom stereocenters. The summed E-state index contributed by atoms with van der Waals surface area (Å²) in [6, 6.07) is 10.5.